The summed E-state index contributed by atoms with van der Waals surface area (Å²) < 4.78 is 42.7. The number of rotatable bonds is 12. The fourth-order valence-corrected chi connectivity index (χ4v) is 2.60. The molecule has 0 aliphatic carbocycles. The minimum atomic E-state index is -1.67. The molecule has 0 fully saturated rings. The summed E-state index contributed by atoms with van der Waals surface area (Å²) in [5.41, 5.74) is 0.528. The molecule has 0 amide bonds. The molecule has 0 aliphatic heterocycles. The maximum absolute atomic E-state index is 9.60. The van der Waals surface area contributed by atoms with Gasteiger partial charge in [0, 0.05) is 80.7 Å². The molecule has 0 aromatic heterocycles. The van der Waals surface area contributed by atoms with E-state index < -0.39 is 46.5 Å². The van der Waals surface area contributed by atoms with Gasteiger partial charge in [0.05, 0.1) is 0 Å². The average molecular weight is 625 g/mol. The summed E-state index contributed by atoms with van der Waals surface area (Å²) >= 11 is 0. The zero-order chi connectivity index (χ0) is 32.6. The maximum atomic E-state index is 9.60. The van der Waals surface area contributed by atoms with E-state index in [-0.39, 0.29) is 16.7 Å². The Morgan fingerprint density at radius 2 is 0.487 bits per heavy atom. The van der Waals surface area contributed by atoms with Gasteiger partial charge in [0.1, 0.15) is 0 Å². The van der Waals surface area contributed by atoms with Crippen LogP contribution >= 0.6 is 0 Å². The number of hydrogen-bond donors (Lipinski definition) is 3. The third-order valence-corrected chi connectivity index (χ3v) is 6.29. The topological polar surface area (TPSA) is 195 Å². The SMILES string of the molecule is C=C(C)C(=O)O.C=C(C)C(=O)O.C=C(C)C(=O)O.CO[SiH](OC)OC.CO[SiH](OC)OC.CO[SiH](OC)OC. The van der Waals surface area contributed by atoms with Gasteiger partial charge in [-0.15, -0.1) is 0 Å². The molecule has 15 nitrogen and oxygen atoms in total. The van der Waals surface area contributed by atoms with Crippen LogP contribution in [0.1, 0.15) is 20.8 Å². The van der Waals surface area contributed by atoms with Crippen LogP contribution in [0.25, 0.3) is 0 Å². The van der Waals surface area contributed by atoms with E-state index in [0.29, 0.717) is 0 Å². The van der Waals surface area contributed by atoms with E-state index in [1.165, 1.54) is 20.8 Å². The first kappa shape index (κ1) is 49.8. The van der Waals surface area contributed by atoms with E-state index in [4.69, 9.17) is 55.2 Å². The predicted octanol–water partition coefficient (Wildman–Crippen LogP) is 0.870. The fraction of sp³-hybridized carbons (Fsp3) is 0.571. The molecule has 234 valence electrons. The lowest BCUT2D eigenvalue weighted by atomic mass is 10.4. The molecule has 39 heavy (non-hydrogen) atoms. The van der Waals surface area contributed by atoms with Crippen molar-refractivity contribution >= 4 is 46.5 Å². The molecule has 0 aromatic carbocycles. The van der Waals surface area contributed by atoms with Crippen LogP contribution in [0.2, 0.25) is 0 Å². The Kier molecular flexibility index (Phi) is 48.6. The second-order valence-corrected chi connectivity index (χ2v) is 12.2. The maximum Gasteiger partial charge on any atom is 0.483 e. The van der Waals surface area contributed by atoms with Crippen molar-refractivity contribution in [3.8, 4) is 0 Å². The van der Waals surface area contributed by atoms with Crippen molar-refractivity contribution < 1.29 is 69.5 Å². The normalized spacial score (nSPS) is 9.00. The molecule has 0 heterocycles. The molecule has 0 saturated heterocycles. The molecule has 3 N–H and O–H groups in total. The molecular formula is C21H48O15Si3. The highest BCUT2D eigenvalue weighted by molar-refractivity contribution is 6.36. The van der Waals surface area contributed by atoms with Crippen LogP contribution in [0.3, 0.4) is 0 Å². The fourth-order valence-electron chi connectivity index (χ4n) is 0.866. The van der Waals surface area contributed by atoms with Gasteiger partial charge in [-0.05, 0) is 20.8 Å². The monoisotopic (exact) mass is 624 g/mol. The Balaban J connectivity index is -0.0000000839. The van der Waals surface area contributed by atoms with Gasteiger partial charge in [0.2, 0.25) is 0 Å². The summed E-state index contributed by atoms with van der Waals surface area (Å²) in [6.45, 7) is 13.8. The molecule has 0 aliphatic rings. The first-order valence-electron chi connectivity index (χ1n) is 10.4. The lowest BCUT2D eigenvalue weighted by Crippen LogP contribution is -2.21. The third kappa shape index (κ3) is 53.0. The van der Waals surface area contributed by atoms with E-state index in [1.54, 1.807) is 64.0 Å². The Bertz CT molecular complexity index is 498. The third-order valence-electron chi connectivity index (χ3n) is 2.83. The lowest BCUT2D eigenvalue weighted by molar-refractivity contribution is -0.133. The molecule has 0 atom stereocenters. The molecule has 0 rings (SSSR count). The Morgan fingerprint density at radius 3 is 0.487 bits per heavy atom. The van der Waals surface area contributed by atoms with Crippen molar-refractivity contribution in [2.75, 3.05) is 64.0 Å². The number of aliphatic carboxylic acids is 3. The van der Waals surface area contributed by atoms with Crippen LogP contribution < -0.4 is 0 Å². The average Bonchev–Trinajstić information content (AvgIpc) is 2.89. The summed E-state index contributed by atoms with van der Waals surface area (Å²) in [6.07, 6.45) is 0. The van der Waals surface area contributed by atoms with E-state index in [1.807, 2.05) is 0 Å². The minimum absolute atomic E-state index is 0.176. The first-order valence-corrected chi connectivity index (χ1v) is 14.6. The van der Waals surface area contributed by atoms with Crippen molar-refractivity contribution in [1.82, 2.24) is 0 Å². The van der Waals surface area contributed by atoms with Crippen LogP contribution in [0, 0.1) is 0 Å². The molecular weight excluding hydrogens is 576 g/mol. The van der Waals surface area contributed by atoms with Crippen molar-refractivity contribution in [1.29, 1.82) is 0 Å². The highest BCUT2D eigenvalue weighted by Gasteiger charge is 2.06. The summed E-state index contributed by atoms with van der Waals surface area (Å²) in [7, 11) is 9.15. The zero-order valence-corrected chi connectivity index (χ0v) is 28.6. The number of carboxylic acid groups (broad SMARTS) is 3. The van der Waals surface area contributed by atoms with Gasteiger partial charge in [0.15, 0.2) is 0 Å². The van der Waals surface area contributed by atoms with Crippen molar-refractivity contribution in [2.24, 2.45) is 0 Å². The summed E-state index contributed by atoms with van der Waals surface area (Å²) in [5, 5.41) is 23.7. The van der Waals surface area contributed by atoms with Gasteiger partial charge in [-0.2, -0.15) is 0 Å². The number of carboxylic acids is 3. The van der Waals surface area contributed by atoms with E-state index in [9.17, 15) is 14.4 Å². The molecule has 0 unspecified atom stereocenters. The lowest BCUT2D eigenvalue weighted by Gasteiger charge is -2.05. The second-order valence-electron chi connectivity index (χ2n) is 6.24. The zero-order valence-electron chi connectivity index (χ0n) is 25.1. The second kappa shape index (κ2) is 38.1. The van der Waals surface area contributed by atoms with Gasteiger partial charge in [-0.3, -0.25) is 0 Å². The molecule has 0 spiro atoms. The molecule has 0 saturated carbocycles. The van der Waals surface area contributed by atoms with Crippen LogP contribution in [0.4, 0.5) is 0 Å². The summed E-state index contributed by atoms with van der Waals surface area (Å²) in [4.78, 5) is 28.8. The van der Waals surface area contributed by atoms with E-state index in [2.05, 4.69) is 19.7 Å². The molecule has 0 aromatic rings. The highest BCUT2D eigenvalue weighted by Crippen LogP contribution is 1.83. The quantitative estimate of drug-likeness (QED) is 0.204. The van der Waals surface area contributed by atoms with Crippen molar-refractivity contribution in [3.63, 3.8) is 0 Å². The van der Waals surface area contributed by atoms with Crippen LogP contribution in [-0.4, -0.2) is 126 Å². The van der Waals surface area contributed by atoms with Gasteiger partial charge in [-0.25, -0.2) is 14.4 Å². The number of carbonyl (C=O) groups is 3. The molecule has 0 radical (unpaired) electrons. The number of hydrogen-bond acceptors (Lipinski definition) is 12. The Morgan fingerprint density at radius 1 is 0.410 bits per heavy atom. The highest BCUT2D eigenvalue weighted by atomic mass is 28.3. The van der Waals surface area contributed by atoms with Crippen molar-refractivity contribution in [3.05, 3.63) is 36.5 Å². The summed E-state index contributed by atoms with van der Waals surface area (Å²) in [5.74, 6) is -2.81. The first-order chi connectivity index (χ1) is 18.0. The van der Waals surface area contributed by atoms with E-state index >= 15 is 0 Å². The molecule has 18 heteroatoms. The Hall–Kier alpha value is -2.08. The van der Waals surface area contributed by atoms with Crippen LogP contribution in [0.5, 0.6) is 0 Å². The largest absolute Gasteiger partial charge is 0.483 e. The Labute approximate surface area is 237 Å². The van der Waals surface area contributed by atoms with Crippen LogP contribution in [0.15, 0.2) is 36.5 Å². The van der Waals surface area contributed by atoms with E-state index in [0.717, 1.165) is 0 Å². The van der Waals surface area contributed by atoms with Gasteiger partial charge >= 0.3 is 46.5 Å². The summed E-state index contributed by atoms with van der Waals surface area (Å²) in [6, 6.07) is 0. The standard InChI is InChI=1S/3C4H6O2.3C3H10O3Si/c3*1-3(2)4(5)6;3*1-4-7(5-2)6-3/h3*1H2,2H3,(H,5,6);3*7H,1-3H3. The van der Waals surface area contributed by atoms with Crippen molar-refractivity contribution in [2.45, 2.75) is 20.8 Å². The predicted molar refractivity (Wildman–Crippen MR) is 152 cm³/mol. The van der Waals surface area contributed by atoms with Gasteiger partial charge in [-0.1, -0.05) is 19.7 Å². The van der Waals surface area contributed by atoms with Crippen LogP contribution in [-0.2, 0) is 54.2 Å². The minimum Gasteiger partial charge on any atom is -0.478 e. The smallest absolute Gasteiger partial charge is 0.478 e. The van der Waals surface area contributed by atoms with Gasteiger partial charge in [0.25, 0.3) is 0 Å². The van der Waals surface area contributed by atoms with Gasteiger partial charge < -0.3 is 55.2 Å². The molecule has 0 bridgehead atoms.